The molecule has 0 saturated carbocycles. The van der Waals surface area contributed by atoms with E-state index in [1.807, 2.05) is 19.9 Å². The van der Waals surface area contributed by atoms with Crippen molar-refractivity contribution in [2.75, 3.05) is 26.4 Å². The minimum absolute atomic E-state index is 0.150. The third-order valence-electron chi connectivity index (χ3n) is 3.46. The van der Waals surface area contributed by atoms with Gasteiger partial charge in [0.2, 0.25) is 0 Å². The quantitative estimate of drug-likeness (QED) is 0.859. The molecule has 19 heavy (non-hydrogen) atoms. The van der Waals surface area contributed by atoms with E-state index in [0.29, 0.717) is 18.3 Å². The second-order valence-electron chi connectivity index (χ2n) is 5.01. The fourth-order valence-electron chi connectivity index (χ4n) is 2.25. The predicted molar refractivity (Wildman–Crippen MR) is 72.9 cm³/mol. The van der Waals surface area contributed by atoms with E-state index >= 15 is 0 Å². The average Bonchev–Trinajstić information content (AvgIpc) is 2.90. The molecule has 0 radical (unpaired) electrons. The van der Waals surface area contributed by atoms with Gasteiger partial charge < -0.3 is 14.8 Å². The molecule has 3 nitrogen and oxygen atoms in total. The summed E-state index contributed by atoms with van der Waals surface area (Å²) in [5.74, 6) is 0.431. The van der Waals surface area contributed by atoms with Crippen LogP contribution in [0.1, 0.15) is 31.9 Å². The molecule has 0 bridgehead atoms. The summed E-state index contributed by atoms with van der Waals surface area (Å²) in [4.78, 5) is 0. The molecule has 0 amide bonds. The van der Waals surface area contributed by atoms with Crippen molar-refractivity contribution in [2.45, 2.75) is 26.3 Å². The van der Waals surface area contributed by atoms with Gasteiger partial charge >= 0.3 is 0 Å². The molecule has 1 aromatic rings. The monoisotopic (exact) mass is 267 g/mol. The molecule has 2 atom stereocenters. The SMILES string of the molecule is CCNC(C)c1ccc(OCC2CCOC2)c(F)c1. The van der Waals surface area contributed by atoms with Crippen LogP contribution in [0.2, 0.25) is 0 Å². The fraction of sp³-hybridized carbons (Fsp3) is 0.600. The zero-order valence-electron chi connectivity index (χ0n) is 11.6. The summed E-state index contributed by atoms with van der Waals surface area (Å²) in [7, 11) is 0. The molecule has 1 saturated heterocycles. The Labute approximate surface area is 114 Å². The highest BCUT2D eigenvalue weighted by Crippen LogP contribution is 2.23. The summed E-state index contributed by atoms with van der Waals surface area (Å²) in [6.07, 6.45) is 0.997. The molecular weight excluding hydrogens is 245 g/mol. The van der Waals surface area contributed by atoms with E-state index in [-0.39, 0.29) is 11.9 Å². The largest absolute Gasteiger partial charge is 0.490 e. The molecule has 2 rings (SSSR count). The second kappa shape index (κ2) is 6.87. The van der Waals surface area contributed by atoms with Crippen molar-refractivity contribution >= 4 is 0 Å². The van der Waals surface area contributed by atoms with E-state index < -0.39 is 0 Å². The molecule has 0 spiro atoms. The maximum atomic E-state index is 13.9. The minimum atomic E-state index is -0.291. The summed E-state index contributed by atoms with van der Waals surface area (Å²) < 4.78 is 24.8. The number of ether oxygens (including phenoxy) is 2. The maximum absolute atomic E-state index is 13.9. The van der Waals surface area contributed by atoms with Gasteiger partial charge in [-0.1, -0.05) is 13.0 Å². The predicted octanol–water partition coefficient (Wildman–Crippen LogP) is 2.91. The Bertz CT molecular complexity index is 405. The molecule has 4 heteroatoms. The lowest BCUT2D eigenvalue weighted by atomic mass is 10.1. The number of nitrogens with one attached hydrogen (secondary N) is 1. The van der Waals surface area contributed by atoms with E-state index in [2.05, 4.69) is 5.32 Å². The van der Waals surface area contributed by atoms with Gasteiger partial charge in [-0.3, -0.25) is 0 Å². The van der Waals surface area contributed by atoms with Gasteiger partial charge in [0.05, 0.1) is 13.2 Å². The lowest BCUT2D eigenvalue weighted by Gasteiger charge is -2.15. The molecule has 1 N–H and O–H groups in total. The van der Waals surface area contributed by atoms with Crippen LogP contribution < -0.4 is 10.1 Å². The van der Waals surface area contributed by atoms with Crippen molar-refractivity contribution in [2.24, 2.45) is 5.92 Å². The third-order valence-corrected chi connectivity index (χ3v) is 3.46. The third kappa shape index (κ3) is 3.91. The highest BCUT2D eigenvalue weighted by Gasteiger charge is 2.17. The van der Waals surface area contributed by atoms with Crippen molar-refractivity contribution < 1.29 is 13.9 Å². The van der Waals surface area contributed by atoms with Gasteiger partial charge in [0.25, 0.3) is 0 Å². The van der Waals surface area contributed by atoms with Crippen LogP contribution in [0.3, 0.4) is 0 Å². The van der Waals surface area contributed by atoms with Crippen LogP contribution in [-0.2, 0) is 4.74 Å². The van der Waals surface area contributed by atoms with Gasteiger partial charge in [0.1, 0.15) is 0 Å². The first-order valence-electron chi connectivity index (χ1n) is 6.94. The number of benzene rings is 1. The first-order chi connectivity index (χ1) is 9.20. The molecule has 0 aliphatic carbocycles. The van der Waals surface area contributed by atoms with Crippen LogP contribution in [-0.4, -0.2) is 26.4 Å². The van der Waals surface area contributed by atoms with Crippen LogP contribution in [0.25, 0.3) is 0 Å². The fourth-order valence-corrected chi connectivity index (χ4v) is 2.25. The minimum Gasteiger partial charge on any atom is -0.490 e. The Balaban J connectivity index is 1.94. The van der Waals surface area contributed by atoms with Crippen LogP contribution >= 0.6 is 0 Å². The maximum Gasteiger partial charge on any atom is 0.165 e. The summed E-state index contributed by atoms with van der Waals surface area (Å²) >= 11 is 0. The molecule has 1 aliphatic heterocycles. The van der Waals surface area contributed by atoms with Crippen LogP contribution in [0.15, 0.2) is 18.2 Å². The Kier molecular flexibility index (Phi) is 5.16. The van der Waals surface area contributed by atoms with E-state index in [0.717, 1.165) is 31.7 Å². The zero-order chi connectivity index (χ0) is 13.7. The Morgan fingerprint density at radius 2 is 2.37 bits per heavy atom. The van der Waals surface area contributed by atoms with E-state index in [4.69, 9.17) is 9.47 Å². The normalized spacial score (nSPS) is 20.5. The van der Waals surface area contributed by atoms with Crippen molar-refractivity contribution in [1.82, 2.24) is 5.32 Å². The first-order valence-corrected chi connectivity index (χ1v) is 6.94. The molecular formula is C15H22FNO2. The molecule has 1 aromatic carbocycles. The van der Waals surface area contributed by atoms with Crippen LogP contribution in [0.4, 0.5) is 4.39 Å². The Hall–Kier alpha value is -1.13. The van der Waals surface area contributed by atoms with Crippen molar-refractivity contribution in [1.29, 1.82) is 0 Å². The van der Waals surface area contributed by atoms with Gasteiger partial charge in [-0.2, -0.15) is 0 Å². The highest BCUT2D eigenvalue weighted by molar-refractivity contribution is 5.30. The molecule has 2 unspecified atom stereocenters. The van der Waals surface area contributed by atoms with E-state index in [1.54, 1.807) is 12.1 Å². The molecule has 1 heterocycles. The first kappa shape index (κ1) is 14.3. The van der Waals surface area contributed by atoms with Gasteiger partial charge in [0, 0.05) is 18.6 Å². The number of halogens is 1. The summed E-state index contributed by atoms with van der Waals surface area (Å²) in [5.41, 5.74) is 0.941. The molecule has 106 valence electrons. The second-order valence-corrected chi connectivity index (χ2v) is 5.01. The standard InChI is InChI=1S/C15H22FNO2/c1-3-17-11(2)13-4-5-15(14(16)8-13)19-10-12-6-7-18-9-12/h4-5,8,11-12,17H,3,6-7,9-10H2,1-2H3. The number of hydrogen-bond donors (Lipinski definition) is 1. The van der Waals surface area contributed by atoms with Gasteiger partial charge in [-0.05, 0) is 37.6 Å². The number of rotatable bonds is 6. The van der Waals surface area contributed by atoms with Crippen LogP contribution in [0, 0.1) is 11.7 Å². The van der Waals surface area contributed by atoms with E-state index in [1.165, 1.54) is 0 Å². The smallest absolute Gasteiger partial charge is 0.165 e. The lowest BCUT2D eigenvalue weighted by Crippen LogP contribution is -2.18. The Morgan fingerprint density at radius 1 is 1.53 bits per heavy atom. The molecule has 1 fully saturated rings. The summed E-state index contributed by atoms with van der Waals surface area (Å²) in [6.45, 7) is 6.96. The van der Waals surface area contributed by atoms with E-state index in [9.17, 15) is 4.39 Å². The van der Waals surface area contributed by atoms with Crippen molar-refractivity contribution in [3.8, 4) is 5.75 Å². The average molecular weight is 267 g/mol. The Morgan fingerprint density at radius 3 is 3.00 bits per heavy atom. The zero-order valence-corrected chi connectivity index (χ0v) is 11.6. The van der Waals surface area contributed by atoms with Crippen molar-refractivity contribution in [3.63, 3.8) is 0 Å². The highest BCUT2D eigenvalue weighted by atomic mass is 19.1. The summed E-state index contributed by atoms with van der Waals surface area (Å²) in [6, 6.07) is 5.33. The number of hydrogen-bond acceptors (Lipinski definition) is 3. The topological polar surface area (TPSA) is 30.5 Å². The molecule has 1 aliphatic rings. The lowest BCUT2D eigenvalue weighted by molar-refractivity contribution is 0.165. The van der Waals surface area contributed by atoms with Crippen LogP contribution in [0.5, 0.6) is 5.75 Å². The summed E-state index contributed by atoms with van der Waals surface area (Å²) in [5, 5.41) is 3.26. The molecule has 0 aromatic heterocycles. The van der Waals surface area contributed by atoms with Crippen molar-refractivity contribution in [3.05, 3.63) is 29.6 Å². The van der Waals surface area contributed by atoms with Gasteiger partial charge in [-0.15, -0.1) is 0 Å². The van der Waals surface area contributed by atoms with Gasteiger partial charge in [0.15, 0.2) is 11.6 Å². The van der Waals surface area contributed by atoms with Gasteiger partial charge in [-0.25, -0.2) is 4.39 Å².